The van der Waals surface area contributed by atoms with Gasteiger partial charge in [-0.15, -0.1) is 0 Å². The largest absolute Gasteiger partial charge is 0.379 e. The minimum absolute atomic E-state index is 0.0548. The Kier molecular flexibility index (Phi) is 6.18. The van der Waals surface area contributed by atoms with Crippen LogP contribution in [0.1, 0.15) is 41.7 Å². The van der Waals surface area contributed by atoms with Gasteiger partial charge in [0.1, 0.15) is 0 Å². The number of morpholine rings is 1. The van der Waals surface area contributed by atoms with Crippen LogP contribution in [0, 0.1) is 13.8 Å². The number of rotatable bonds is 6. The van der Waals surface area contributed by atoms with E-state index in [2.05, 4.69) is 63.6 Å². The smallest absolute Gasteiger partial charge is 0.170 e. The number of ether oxygens (including phenoxy) is 1. The van der Waals surface area contributed by atoms with E-state index in [1.165, 1.54) is 17.0 Å². The first-order chi connectivity index (χ1) is 14.1. The van der Waals surface area contributed by atoms with Gasteiger partial charge in [-0.2, -0.15) is 0 Å². The van der Waals surface area contributed by atoms with Crippen molar-refractivity contribution in [2.45, 2.75) is 39.4 Å². The highest BCUT2D eigenvalue weighted by Gasteiger charge is 2.41. The average Bonchev–Trinajstić information content (AvgIpc) is 3.22. The van der Waals surface area contributed by atoms with E-state index in [0.29, 0.717) is 0 Å². The molecule has 4 heterocycles. The number of nitrogens with zero attached hydrogens (tertiary/aromatic N) is 4. The van der Waals surface area contributed by atoms with Crippen LogP contribution in [0.25, 0.3) is 0 Å². The zero-order valence-corrected chi connectivity index (χ0v) is 18.4. The molecule has 0 radical (unpaired) electrons. The number of thiocarbonyl (C=S) groups is 1. The van der Waals surface area contributed by atoms with Crippen molar-refractivity contribution in [3.63, 3.8) is 0 Å². The third kappa shape index (κ3) is 4.04. The van der Waals surface area contributed by atoms with E-state index in [-0.39, 0.29) is 12.1 Å². The first-order valence-corrected chi connectivity index (χ1v) is 11.0. The van der Waals surface area contributed by atoms with Crippen LogP contribution in [-0.2, 0) is 11.3 Å². The number of hydrogen-bond donors (Lipinski definition) is 1. The van der Waals surface area contributed by atoms with E-state index in [1.807, 2.05) is 12.3 Å². The molecule has 0 spiro atoms. The van der Waals surface area contributed by atoms with Gasteiger partial charge in [0.2, 0.25) is 0 Å². The Balaban J connectivity index is 1.66. The van der Waals surface area contributed by atoms with Crippen LogP contribution >= 0.6 is 12.2 Å². The van der Waals surface area contributed by atoms with Crippen molar-refractivity contribution in [3.05, 3.63) is 53.1 Å². The topological polar surface area (TPSA) is 45.6 Å². The van der Waals surface area contributed by atoms with Crippen LogP contribution in [0.5, 0.6) is 0 Å². The lowest BCUT2D eigenvalue weighted by Crippen LogP contribution is -2.42. The zero-order chi connectivity index (χ0) is 20.4. The summed E-state index contributed by atoms with van der Waals surface area (Å²) in [6.07, 6.45) is 1.86. The maximum absolute atomic E-state index is 5.81. The molecule has 0 saturated carbocycles. The molecule has 7 heteroatoms. The summed E-state index contributed by atoms with van der Waals surface area (Å²) >= 11 is 5.81. The molecule has 156 valence electrons. The van der Waals surface area contributed by atoms with E-state index in [4.69, 9.17) is 17.0 Å². The zero-order valence-electron chi connectivity index (χ0n) is 17.6. The minimum Gasteiger partial charge on any atom is -0.379 e. The number of pyridine rings is 1. The SMILES string of the molecule is CCn1c(C)cc([C@H]2[C@H](c3ccccn3)NC(=S)N2CCN2CCOCC2)c1C. The molecular formula is C22H31N5OS. The highest BCUT2D eigenvalue weighted by Crippen LogP contribution is 2.40. The average molecular weight is 414 g/mol. The van der Waals surface area contributed by atoms with Crippen molar-refractivity contribution in [3.8, 4) is 0 Å². The monoisotopic (exact) mass is 413 g/mol. The van der Waals surface area contributed by atoms with Gasteiger partial charge in [-0.05, 0) is 56.8 Å². The molecule has 0 amide bonds. The van der Waals surface area contributed by atoms with Crippen LogP contribution in [0.15, 0.2) is 30.5 Å². The Morgan fingerprint density at radius 3 is 2.66 bits per heavy atom. The number of aromatic nitrogens is 2. The predicted octanol–water partition coefficient (Wildman–Crippen LogP) is 2.82. The molecule has 0 aromatic carbocycles. The second-order valence-corrected chi connectivity index (χ2v) is 8.23. The second kappa shape index (κ2) is 8.81. The Labute approximate surface area is 178 Å². The van der Waals surface area contributed by atoms with Gasteiger partial charge >= 0.3 is 0 Å². The van der Waals surface area contributed by atoms with Gasteiger partial charge in [-0.3, -0.25) is 9.88 Å². The fourth-order valence-electron chi connectivity index (χ4n) is 4.67. The van der Waals surface area contributed by atoms with Crippen molar-refractivity contribution in [2.24, 2.45) is 0 Å². The second-order valence-electron chi connectivity index (χ2n) is 7.84. The van der Waals surface area contributed by atoms with E-state index < -0.39 is 0 Å². The molecule has 6 nitrogen and oxygen atoms in total. The summed E-state index contributed by atoms with van der Waals surface area (Å²) in [5.74, 6) is 0. The summed E-state index contributed by atoms with van der Waals surface area (Å²) in [5, 5.41) is 4.39. The van der Waals surface area contributed by atoms with Gasteiger partial charge in [0.15, 0.2) is 5.11 Å². The fraction of sp³-hybridized carbons (Fsp3) is 0.545. The maximum Gasteiger partial charge on any atom is 0.170 e. The lowest BCUT2D eigenvalue weighted by molar-refractivity contribution is 0.0350. The van der Waals surface area contributed by atoms with E-state index in [9.17, 15) is 0 Å². The van der Waals surface area contributed by atoms with Crippen molar-refractivity contribution in [1.82, 2.24) is 24.7 Å². The van der Waals surface area contributed by atoms with Crippen LogP contribution < -0.4 is 5.32 Å². The molecule has 2 aromatic rings. The molecule has 0 aliphatic carbocycles. The molecule has 4 rings (SSSR count). The van der Waals surface area contributed by atoms with Gasteiger partial charge in [0.25, 0.3) is 0 Å². The van der Waals surface area contributed by atoms with Gasteiger partial charge in [0.05, 0.1) is 31.0 Å². The number of nitrogens with one attached hydrogen (secondary N) is 1. The third-order valence-corrected chi connectivity index (χ3v) is 6.56. The van der Waals surface area contributed by atoms with Gasteiger partial charge in [-0.25, -0.2) is 0 Å². The molecule has 0 bridgehead atoms. The summed E-state index contributed by atoms with van der Waals surface area (Å²) in [7, 11) is 0. The summed E-state index contributed by atoms with van der Waals surface area (Å²) in [4.78, 5) is 9.48. The highest BCUT2D eigenvalue weighted by atomic mass is 32.1. The molecule has 0 unspecified atom stereocenters. The normalized spacial score (nSPS) is 22.9. The van der Waals surface area contributed by atoms with Crippen molar-refractivity contribution < 1.29 is 4.74 Å². The maximum atomic E-state index is 5.81. The predicted molar refractivity (Wildman–Crippen MR) is 119 cm³/mol. The third-order valence-electron chi connectivity index (χ3n) is 6.21. The molecule has 2 aromatic heterocycles. The van der Waals surface area contributed by atoms with Crippen molar-refractivity contribution in [1.29, 1.82) is 0 Å². The molecule has 2 aliphatic heterocycles. The summed E-state index contributed by atoms with van der Waals surface area (Å²) in [6, 6.07) is 8.64. The van der Waals surface area contributed by atoms with E-state index >= 15 is 0 Å². The van der Waals surface area contributed by atoms with E-state index in [0.717, 1.165) is 56.7 Å². The first kappa shape index (κ1) is 20.3. The fourth-order valence-corrected chi connectivity index (χ4v) is 5.00. The lowest BCUT2D eigenvalue weighted by atomic mass is 9.97. The van der Waals surface area contributed by atoms with E-state index in [1.54, 1.807) is 0 Å². The number of hydrogen-bond acceptors (Lipinski definition) is 4. The molecule has 2 aliphatic rings. The van der Waals surface area contributed by atoms with Crippen LogP contribution in [-0.4, -0.2) is 63.9 Å². The molecule has 2 fully saturated rings. The van der Waals surface area contributed by atoms with Crippen molar-refractivity contribution >= 4 is 17.3 Å². The molecule has 1 N–H and O–H groups in total. The molecular weight excluding hydrogens is 382 g/mol. The van der Waals surface area contributed by atoms with Crippen LogP contribution in [0.4, 0.5) is 0 Å². The molecule has 2 atom stereocenters. The van der Waals surface area contributed by atoms with Gasteiger partial charge < -0.3 is 19.5 Å². The summed E-state index contributed by atoms with van der Waals surface area (Å²) in [5.41, 5.74) is 4.99. The highest BCUT2D eigenvalue weighted by molar-refractivity contribution is 7.80. The lowest BCUT2D eigenvalue weighted by Gasteiger charge is -2.32. The Bertz CT molecular complexity index is 846. The quantitative estimate of drug-likeness (QED) is 0.735. The Morgan fingerprint density at radius 1 is 1.21 bits per heavy atom. The minimum atomic E-state index is 0.0548. The molecule has 29 heavy (non-hydrogen) atoms. The summed E-state index contributed by atoms with van der Waals surface area (Å²) < 4.78 is 7.88. The van der Waals surface area contributed by atoms with Gasteiger partial charge in [0, 0.05) is 50.3 Å². The first-order valence-electron chi connectivity index (χ1n) is 10.5. The summed E-state index contributed by atoms with van der Waals surface area (Å²) in [6.45, 7) is 13.1. The number of aryl methyl sites for hydroxylation is 1. The van der Waals surface area contributed by atoms with Gasteiger partial charge in [-0.1, -0.05) is 6.07 Å². The standard InChI is InChI=1S/C22H31N5OS/c1-4-26-16(2)15-18(17(26)3)21-20(19-7-5-6-8-23-19)24-22(29)27(21)10-9-25-11-13-28-14-12-25/h5-8,15,20-21H,4,9-14H2,1-3H3,(H,24,29)/t20-,21-/m0/s1. The van der Waals surface area contributed by atoms with Crippen LogP contribution in [0.2, 0.25) is 0 Å². The molecule has 2 saturated heterocycles. The van der Waals surface area contributed by atoms with Crippen LogP contribution in [0.3, 0.4) is 0 Å². The Morgan fingerprint density at radius 2 is 2.00 bits per heavy atom. The van der Waals surface area contributed by atoms with Crippen molar-refractivity contribution in [2.75, 3.05) is 39.4 Å². The Hall–Kier alpha value is -1.96.